The summed E-state index contributed by atoms with van der Waals surface area (Å²) in [5.74, 6) is 0. The van der Waals surface area contributed by atoms with Crippen LogP contribution in [0.3, 0.4) is 0 Å². The number of nitriles is 1. The first kappa shape index (κ1) is 16.2. The summed E-state index contributed by atoms with van der Waals surface area (Å²) >= 11 is 6.24. The van der Waals surface area contributed by atoms with E-state index in [0.29, 0.717) is 30.4 Å². The number of nitrogens with zero attached hydrogens (tertiary/aromatic N) is 3. The molecule has 0 N–H and O–H groups in total. The Kier molecular flexibility index (Phi) is 4.65. The van der Waals surface area contributed by atoms with E-state index in [4.69, 9.17) is 16.3 Å². The van der Waals surface area contributed by atoms with Gasteiger partial charge in [-0.3, -0.25) is 10.1 Å². The molecule has 6 nitrogen and oxygen atoms in total. The third kappa shape index (κ3) is 3.18. The van der Waals surface area contributed by atoms with Crippen molar-refractivity contribution in [3.8, 4) is 6.07 Å². The van der Waals surface area contributed by atoms with Crippen molar-refractivity contribution in [1.82, 2.24) is 0 Å². The zero-order chi connectivity index (χ0) is 17.1. The van der Waals surface area contributed by atoms with Crippen LogP contribution in [0.25, 0.3) is 0 Å². The molecule has 1 fully saturated rings. The lowest BCUT2D eigenvalue weighted by Crippen LogP contribution is -2.38. The average Bonchev–Trinajstić information content (AvgIpc) is 2.61. The van der Waals surface area contributed by atoms with Crippen LogP contribution in [0.1, 0.15) is 17.2 Å². The molecule has 0 spiro atoms. The number of hydrogen-bond donors (Lipinski definition) is 0. The number of hydrogen-bond acceptors (Lipinski definition) is 5. The number of halogens is 1. The maximum Gasteiger partial charge on any atom is 0.270 e. The summed E-state index contributed by atoms with van der Waals surface area (Å²) in [4.78, 5) is 12.4. The first-order valence-corrected chi connectivity index (χ1v) is 7.77. The largest absolute Gasteiger partial charge is 0.370 e. The van der Waals surface area contributed by atoms with Crippen molar-refractivity contribution in [2.75, 3.05) is 24.6 Å². The Bertz CT molecular complexity index is 819. The first-order valence-electron chi connectivity index (χ1n) is 7.39. The van der Waals surface area contributed by atoms with Crippen molar-refractivity contribution < 1.29 is 9.66 Å². The van der Waals surface area contributed by atoms with Gasteiger partial charge in [0.25, 0.3) is 5.69 Å². The molecule has 1 atom stereocenters. The summed E-state index contributed by atoms with van der Waals surface area (Å²) in [6, 6.07) is 13.9. The fourth-order valence-corrected chi connectivity index (χ4v) is 3.05. The van der Waals surface area contributed by atoms with Crippen LogP contribution in [-0.2, 0) is 4.74 Å². The molecule has 1 saturated heterocycles. The third-order valence-corrected chi connectivity index (χ3v) is 4.31. The summed E-state index contributed by atoms with van der Waals surface area (Å²) in [6.07, 6.45) is -0.214. The van der Waals surface area contributed by atoms with Crippen LogP contribution < -0.4 is 4.90 Å². The molecule has 24 heavy (non-hydrogen) atoms. The summed E-state index contributed by atoms with van der Waals surface area (Å²) in [7, 11) is 0. The molecule has 0 bridgehead atoms. The molecule has 0 aromatic heterocycles. The van der Waals surface area contributed by atoms with Crippen LogP contribution in [0, 0.1) is 21.4 Å². The second kappa shape index (κ2) is 6.87. The van der Waals surface area contributed by atoms with Gasteiger partial charge in [0.2, 0.25) is 0 Å². The van der Waals surface area contributed by atoms with Crippen molar-refractivity contribution in [2.45, 2.75) is 6.10 Å². The van der Waals surface area contributed by atoms with E-state index in [2.05, 4.69) is 0 Å². The lowest BCUT2D eigenvalue weighted by molar-refractivity contribution is -0.384. The van der Waals surface area contributed by atoms with Crippen LogP contribution in [0.4, 0.5) is 11.4 Å². The van der Waals surface area contributed by atoms with Crippen molar-refractivity contribution in [3.63, 3.8) is 0 Å². The lowest BCUT2D eigenvalue weighted by atomic mass is 10.1. The molecule has 1 unspecified atom stereocenters. The second-order valence-corrected chi connectivity index (χ2v) is 5.80. The molecule has 3 rings (SSSR count). The van der Waals surface area contributed by atoms with Gasteiger partial charge in [-0.15, -0.1) is 0 Å². The topological polar surface area (TPSA) is 79.4 Å². The Morgan fingerprint density at radius 2 is 2.12 bits per heavy atom. The van der Waals surface area contributed by atoms with Gasteiger partial charge >= 0.3 is 0 Å². The van der Waals surface area contributed by atoms with E-state index >= 15 is 0 Å². The minimum absolute atomic E-state index is 0.0915. The van der Waals surface area contributed by atoms with Gasteiger partial charge in [-0.05, 0) is 12.1 Å². The Balaban J connectivity index is 1.89. The third-order valence-electron chi connectivity index (χ3n) is 3.97. The highest BCUT2D eigenvalue weighted by Crippen LogP contribution is 2.32. The molecule has 2 aromatic carbocycles. The van der Waals surface area contributed by atoms with E-state index in [0.717, 1.165) is 5.56 Å². The fraction of sp³-hybridized carbons (Fsp3) is 0.235. The second-order valence-electron chi connectivity index (χ2n) is 5.40. The molecule has 2 aromatic rings. The molecule has 0 radical (unpaired) electrons. The normalized spacial score (nSPS) is 17.3. The van der Waals surface area contributed by atoms with Gasteiger partial charge in [-0.1, -0.05) is 29.8 Å². The highest BCUT2D eigenvalue weighted by Gasteiger charge is 2.25. The minimum atomic E-state index is -0.503. The predicted octanol–water partition coefficient (Wildman–Crippen LogP) is 3.70. The smallest absolute Gasteiger partial charge is 0.270 e. The van der Waals surface area contributed by atoms with Crippen molar-refractivity contribution in [1.29, 1.82) is 5.26 Å². The molecule has 0 amide bonds. The number of nitro groups is 1. The van der Waals surface area contributed by atoms with Crippen molar-refractivity contribution in [3.05, 3.63) is 68.7 Å². The standard InChI is InChI=1S/C17H14ClN3O3/c18-15-4-2-1-3-14(15)17-11-20(7-8-24-17)16-6-5-13(21(22)23)9-12(16)10-19/h1-6,9,17H,7-8,11H2. The van der Waals surface area contributed by atoms with E-state index in [1.165, 1.54) is 12.1 Å². The molecule has 1 aliphatic rings. The van der Waals surface area contributed by atoms with Gasteiger partial charge < -0.3 is 9.64 Å². The quantitative estimate of drug-likeness (QED) is 0.627. The van der Waals surface area contributed by atoms with Crippen LogP contribution in [-0.4, -0.2) is 24.6 Å². The molecule has 0 aliphatic carbocycles. The monoisotopic (exact) mass is 343 g/mol. The summed E-state index contributed by atoms with van der Waals surface area (Å²) in [6.45, 7) is 1.61. The van der Waals surface area contributed by atoms with Crippen molar-refractivity contribution >= 4 is 23.0 Å². The Morgan fingerprint density at radius 3 is 2.83 bits per heavy atom. The number of ether oxygens (including phenoxy) is 1. The van der Waals surface area contributed by atoms with Gasteiger partial charge in [0.1, 0.15) is 12.2 Å². The van der Waals surface area contributed by atoms with Crippen molar-refractivity contribution in [2.24, 2.45) is 0 Å². The fourth-order valence-electron chi connectivity index (χ4n) is 2.80. The Labute approximate surface area is 144 Å². The molecule has 1 aliphatic heterocycles. The van der Waals surface area contributed by atoms with E-state index in [9.17, 15) is 15.4 Å². The molecule has 1 heterocycles. The molecule has 7 heteroatoms. The number of benzene rings is 2. The van der Waals surface area contributed by atoms with E-state index in [1.54, 1.807) is 6.07 Å². The van der Waals surface area contributed by atoms with E-state index in [1.807, 2.05) is 35.2 Å². The first-order chi connectivity index (χ1) is 11.6. The Hall–Kier alpha value is -2.62. The number of nitro benzene ring substituents is 1. The van der Waals surface area contributed by atoms with Gasteiger partial charge in [0.15, 0.2) is 0 Å². The predicted molar refractivity (Wildman–Crippen MR) is 90.2 cm³/mol. The van der Waals surface area contributed by atoms with Crippen LogP contribution in [0.15, 0.2) is 42.5 Å². The lowest BCUT2D eigenvalue weighted by Gasteiger charge is -2.35. The number of non-ortho nitro benzene ring substituents is 1. The van der Waals surface area contributed by atoms with Gasteiger partial charge in [0.05, 0.1) is 22.8 Å². The van der Waals surface area contributed by atoms with Gasteiger partial charge in [0, 0.05) is 35.8 Å². The maximum absolute atomic E-state index is 10.9. The Morgan fingerprint density at radius 1 is 1.33 bits per heavy atom. The average molecular weight is 344 g/mol. The molecule has 0 saturated carbocycles. The SMILES string of the molecule is N#Cc1cc([N+](=O)[O-])ccc1N1CCOC(c2ccccc2Cl)C1. The minimum Gasteiger partial charge on any atom is -0.370 e. The summed E-state index contributed by atoms with van der Waals surface area (Å²) in [5, 5.41) is 20.8. The van der Waals surface area contributed by atoms with E-state index < -0.39 is 4.92 Å². The van der Waals surface area contributed by atoms with Gasteiger partial charge in [-0.25, -0.2) is 0 Å². The van der Waals surface area contributed by atoms with Crippen LogP contribution in [0.5, 0.6) is 0 Å². The maximum atomic E-state index is 10.9. The highest BCUT2D eigenvalue weighted by atomic mass is 35.5. The zero-order valence-corrected chi connectivity index (χ0v) is 13.4. The molecular formula is C17H14ClN3O3. The highest BCUT2D eigenvalue weighted by molar-refractivity contribution is 6.31. The van der Waals surface area contributed by atoms with Crippen LogP contribution >= 0.6 is 11.6 Å². The number of morpholine rings is 1. The number of anilines is 1. The summed E-state index contributed by atoms with van der Waals surface area (Å²) < 4.78 is 5.81. The van der Waals surface area contributed by atoms with Crippen LogP contribution in [0.2, 0.25) is 5.02 Å². The van der Waals surface area contributed by atoms with E-state index in [-0.39, 0.29) is 17.4 Å². The molecular weight excluding hydrogens is 330 g/mol. The zero-order valence-electron chi connectivity index (χ0n) is 12.7. The number of rotatable bonds is 3. The summed E-state index contributed by atoms with van der Waals surface area (Å²) in [5.41, 5.74) is 1.75. The molecule has 122 valence electrons. The van der Waals surface area contributed by atoms with Gasteiger partial charge in [-0.2, -0.15) is 5.26 Å².